The second-order valence-electron chi connectivity index (χ2n) is 6.83. The molecule has 0 saturated heterocycles. The van der Waals surface area contributed by atoms with Crippen LogP contribution in [0.1, 0.15) is 54.5 Å². The molecule has 1 atom stereocenters. The summed E-state index contributed by atoms with van der Waals surface area (Å²) in [7, 11) is 0. The fourth-order valence-electron chi connectivity index (χ4n) is 3.57. The van der Waals surface area contributed by atoms with Gasteiger partial charge in [-0.3, -0.25) is 0 Å². The lowest BCUT2D eigenvalue weighted by molar-refractivity contribution is 0.237. The fourth-order valence-corrected chi connectivity index (χ4v) is 3.57. The number of rotatable bonds is 6. The molecular formula is C22H28N2O. The maximum atomic E-state index is 12.2. The Hall–Kier alpha value is -2.29. The minimum atomic E-state index is -0.0829. The monoisotopic (exact) mass is 336 g/mol. The summed E-state index contributed by atoms with van der Waals surface area (Å²) < 4.78 is 0. The van der Waals surface area contributed by atoms with Crippen molar-refractivity contribution >= 4 is 6.03 Å². The number of nitrogens with one attached hydrogen (secondary N) is 2. The Morgan fingerprint density at radius 3 is 2.56 bits per heavy atom. The molecule has 2 aromatic rings. The largest absolute Gasteiger partial charge is 0.338 e. The van der Waals surface area contributed by atoms with Crippen molar-refractivity contribution in [2.24, 2.45) is 0 Å². The zero-order valence-electron chi connectivity index (χ0n) is 15.1. The number of fused-ring (bicyclic) bond motifs is 1. The van der Waals surface area contributed by atoms with Gasteiger partial charge >= 0.3 is 6.03 Å². The number of hydrogen-bond donors (Lipinski definition) is 2. The molecule has 0 fully saturated rings. The van der Waals surface area contributed by atoms with Crippen molar-refractivity contribution in [1.29, 1.82) is 0 Å². The van der Waals surface area contributed by atoms with Gasteiger partial charge in [0.05, 0.1) is 6.04 Å². The number of hydrogen-bond acceptors (Lipinski definition) is 1. The molecule has 2 aromatic carbocycles. The number of amides is 2. The molecule has 3 nitrogen and oxygen atoms in total. The summed E-state index contributed by atoms with van der Waals surface area (Å²) in [6, 6.07) is 17.0. The van der Waals surface area contributed by atoms with Gasteiger partial charge in [-0.15, -0.1) is 0 Å². The molecule has 0 aliphatic heterocycles. The van der Waals surface area contributed by atoms with E-state index in [0.717, 1.165) is 12.8 Å². The van der Waals surface area contributed by atoms with Crippen LogP contribution in [0.5, 0.6) is 0 Å². The van der Waals surface area contributed by atoms with Crippen molar-refractivity contribution in [2.75, 3.05) is 6.54 Å². The summed E-state index contributed by atoms with van der Waals surface area (Å²) in [5, 5.41) is 6.10. The van der Waals surface area contributed by atoms with E-state index in [1.54, 1.807) is 0 Å². The molecule has 2 N–H and O–H groups in total. The van der Waals surface area contributed by atoms with E-state index in [2.05, 4.69) is 47.9 Å². The molecule has 3 rings (SSSR count). The van der Waals surface area contributed by atoms with E-state index in [1.807, 2.05) is 18.2 Å². The van der Waals surface area contributed by atoms with Crippen LogP contribution in [0, 0.1) is 0 Å². The quantitative estimate of drug-likeness (QED) is 0.798. The summed E-state index contributed by atoms with van der Waals surface area (Å²) >= 11 is 0. The Balaban J connectivity index is 1.53. The van der Waals surface area contributed by atoms with Crippen molar-refractivity contribution in [3.05, 3.63) is 70.8 Å². The third-order valence-electron chi connectivity index (χ3n) is 5.03. The Kier molecular flexibility index (Phi) is 6.10. The lowest BCUT2D eigenvalue weighted by Gasteiger charge is -2.22. The minimum Gasteiger partial charge on any atom is -0.338 e. The Labute approximate surface area is 150 Å². The molecule has 25 heavy (non-hydrogen) atoms. The zero-order valence-corrected chi connectivity index (χ0v) is 15.1. The minimum absolute atomic E-state index is 0.0731. The Bertz CT molecular complexity index is 696. The van der Waals surface area contributed by atoms with E-state index in [0.29, 0.717) is 6.54 Å². The number of benzene rings is 2. The average Bonchev–Trinajstić information content (AvgIpc) is 2.66. The van der Waals surface area contributed by atoms with Crippen LogP contribution in [-0.2, 0) is 19.3 Å². The molecule has 1 aliphatic carbocycles. The number of aryl methyl sites for hydroxylation is 2. The van der Waals surface area contributed by atoms with Crippen molar-refractivity contribution in [2.45, 2.75) is 51.5 Å². The van der Waals surface area contributed by atoms with Gasteiger partial charge in [0, 0.05) is 6.54 Å². The molecule has 3 heteroatoms. The lowest BCUT2D eigenvalue weighted by Crippen LogP contribution is -2.38. The molecule has 1 aliphatic rings. The maximum absolute atomic E-state index is 12.2. The highest BCUT2D eigenvalue weighted by Gasteiger charge is 2.16. The van der Waals surface area contributed by atoms with Crippen molar-refractivity contribution < 1.29 is 4.79 Å². The molecule has 0 spiro atoms. The van der Waals surface area contributed by atoms with Crippen LogP contribution in [0.4, 0.5) is 4.79 Å². The van der Waals surface area contributed by atoms with Crippen molar-refractivity contribution in [3.63, 3.8) is 0 Å². The predicted molar refractivity (Wildman–Crippen MR) is 103 cm³/mol. The third-order valence-corrected chi connectivity index (χ3v) is 5.03. The SMILES string of the molecule is CCC(NC(=O)NCCc1ccccc1)c1ccc2c(c1)CCCC2. The van der Waals surface area contributed by atoms with Crippen LogP contribution < -0.4 is 10.6 Å². The van der Waals surface area contributed by atoms with E-state index in [4.69, 9.17) is 0 Å². The molecule has 2 amide bonds. The van der Waals surface area contributed by atoms with Gasteiger partial charge in [-0.25, -0.2) is 4.79 Å². The van der Waals surface area contributed by atoms with Gasteiger partial charge in [0.2, 0.25) is 0 Å². The Morgan fingerprint density at radius 1 is 1.04 bits per heavy atom. The van der Waals surface area contributed by atoms with E-state index in [9.17, 15) is 4.79 Å². The second kappa shape index (κ2) is 8.70. The lowest BCUT2D eigenvalue weighted by atomic mass is 9.89. The first-order chi connectivity index (χ1) is 12.3. The van der Waals surface area contributed by atoms with Crippen molar-refractivity contribution in [3.8, 4) is 0 Å². The van der Waals surface area contributed by atoms with E-state index in [1.165, 1.54) is 47.9 Å². The summed E-state index contributed by atoms with van der Waals surface area (Å²) in [5.74, 6) is 0. The van der Waals surface area contributed by atoms with Crippen LogP contribution in [0.15, 0.2) is 48.5 Å². The summed E-state index contributed by atoms with van der Waals surface area (Å²) in [4.78, 5) is 12.2. The number of urea groups is 1. The molecule has 0 radical (unpaired) electrons. The van der Waals surface area contributed by atoms with E-state index < -0.39 is 0 Å². The normalized spacial score (nSPS) is 14.4. The summed E-state index contributed by atoms with van der Waals surface area (Å²) in [5.41, 5.74) is 5.41. The molecule has 0 heterocycles. The molecule has 0 bridgehead atoms. The molecule has 0 aromatic heterocycles. The van der Waals surface area contributed by atoms with Gasteiger partial charge in [-0.1, -0.05) is 55.5 Å². The molecule has 1 unspecified atom stereocenters. The highest BCUT2D eigenvalue weighted by Crippen LogP contribution is 2.26. The van der Waals surface area contributed by atoms with Gasteiger partial charge in [-0.05, 0) is 60.8 Å². The summed E-state index contributed by atoms with van der Waals surface area (Å²) in [6.07, 6.45) is 6.68. The van der Waals surface area contributed by atoms with Gasteiger partial charge in [0.25, 0.3) is 0 Å². The first kappa shape index (κ1) is 17.5. The summed E-state index contributed by atoms with van der Waals surface area (Å²) in [6.45, 7) is 2.77. The van der Waals surface area contributed by atoms with Crippen LogP contribution in [-0.4, -0.2) is 12.6 Å². The third kappa shape index (κ3) is 4.85. The molecule has 0 saturated carbocycles. The standard InChI is InChI=1S/C22H28N2O/c1-2-21(20-13-12-18-10-6-7-11-19(18)16-20)24-22(25)23-15-14-17-8-4-3-5-9-17/h3-5,8-9,12-13,16,21H,2,6-7,10-11,14-15H2,1H3,(H2,23,24,25). The molecule has 132 valence electrons. The van der Waals surface area contributed by atoms with Gasteiger partial charge in [-0.2, -0.15) is 0 Å². The topological polar surface area (TPSA) is 41.1 Å². The van der Waals surface area contributed by atoms with Crippen LogP contribution in [0.3, 0.4) is 0 Å². The smallest absolute Gasteiger partial charge is 0.315 e. The zero-order chi connectivity index (χ0) is 17.5. The van der Waals surface area contributed by atoms with Gasteiger partial charge in [0.1, 0.15) is 0 Å². The second-order valence-corrected chi connectivity index (χ2v) is 6.83. The van der Waals surface area contributed by atoms with E-state index in [-0.39, 0.29) is 12.1 Å². The van der Waals surface area contributed by atoms with Crippen molar-refractivity contribution in [1.82, 2.24) is 10.6 Å². The Morgan fingerprint density at radius 2 is 1.80 bits per heavy atom. The highest BCUT2D eigenvalue weighted by molar-refractivity contribution is 5.74. The maximum Gasteiger partial charge on any atom is 0.315 e. The first-order valence-electron chi connectivity index (χ1n) is 9.46. The number of carbonyl (C=O) groups excluding carboxylic acids is 1. The fraction of sp³-hybridized carbons (Fsp3) is 0.409. The average molecular weight is 336 g/mol. The number of carbonyl (C=O) groups is 1. The van der Waals surface area contributed by atoms with Gasteiger partial charge in [0.15, 0.2) is 0 Å². The van der Waals surface area contributed by atoms with Crippen LogP contribution in [0.2, 0.25) is 0 Å². The first-order valence-corrected chi connectivity index (χ1v) is 9.46. The van der Waals surface area contributed by atoms with Crippen LogP contribution >= 0.6 is 0 Å². The van der Waals surface area contributed by atoms with E-state index >= 15 is 0 Å². The van der Waals surface area contributed by atoms with Gasteiger partial charge < -0.3 is 10.6 Å². The highest BCUT2D eigenvalue weighted by atomic mass is 16.2. The van der Waals surface area contributed by atoms with Crippen LogP contribution in [0.25, 0.3) is 0 Å². The molecular weight excluding hydrogens is 308 g/mol. The predicted octanol–water partition coefficient (Wildman–Crippen LogP) is 4.56.